The number of benzene rings is 1. The molecule has 1 heterocycles. The molecule has 4 heteroatoms. The molecule has 0 spiro atoms. The van der Waals surface area contributed by atoms with Crippen LogP contribution in [-0.2, 0) is 0 Å². The lowest BCUT2D eigenvalue weighted by Crippen LogP contribution is -2.33. The predicted molar refractivity (Wildman–Crippen MR) is 71.1 cm³/mol. The quantitative estimate of drug-likeness (QED) is 0.789. The summed E-state index contributed by atoms with van der Waals surface area (Å²) >= 11 is 7.72. The fourth-order valence-electron chi connectivity index (χ4n) is 2.08. The first-order valence-corrected chi connectivity index (χ1v) is 6.63. The summed E-state index contributed by atoms with van der Waals surface area (Å²) in [6.45, 7) is 2.96. The molecule has 0 radical (unpaired) electrons. The number of hydrogen-bond donors (Lipinski definition) is 1. The van der Waals surface area contributed by atoms with E-state index in [1.165, 1.54) is 0 Å². The Balaban J connectivity index is 2.27. The van der Waals surface area contributed by atoms with E-state index in [2.05, 4.69) is 35.5 Å². The number of carbonyl (C=O) groups is 1. The predicted octanol–water partition coefficient (Wildman–Crippen LogP) is 3.36. The Morgan fingerprint density at radius 1 is 1.56 bits per heavy atom. The molecular formula is C12H14BrNOS. The van der Waals surface area contributed by atoms with Gasteiger partial charge in [-0.25, -0.2) is 0 Å². The number of carbonyl (C=O) groups excluding carboxylic acids is 1. The minimum atomic E-state index is 0.0995. The first-order valence-electron chi connectivity index (χ1n) is 5.39. The van der Waals surface area contributed by atoms with Gasteiger partial charge in [-0.05, 0) is 38.0 Å². The zero-order valence-corrected chi connectivity index (χ0v) is 11.6. The number of halogens is 1. The molecular weight excluding hydrogens is 286 g/mol. The van der Waals surface area contributed by atoms with Gasteiger partial charge in [0, 0.05) is 22.0 Å². The van der Waals surface area contributed by atoms with Crippen molar-refractivity contribution in [3.05, 3.63) is 28.2 Å². The van der Waals surface area contributed by atoms with Crippen LogP contribution in [0.3, 0.4) is 0 Å². The topological polar surface area (TPSA) is 20.3 Å². The lowest BCUT2D eigenvalue weighted by Gasteiger charge is -2.22. The van der Waals surface area contributed by atoms with Crippen LogP contribution in [0.1, 0.15) is 30.1 Å². The van der Waals surface area contributed by atoms with E-state index in [1.807, 2.05) is 23.1 Å². The SMILES string of the molecule is CC1CCCN1C(=O)c1ccc(Br)cc1S. The summed E-state index contributed by atoms with van der Waals surface area (Å²) in [7, 11) is 0. The van der Waals surface area contributed by atoms with Crippen molar-refractivity contribution in [2.75, 3.05) is 6.54 Å². The summed E-state index contributed by atoms with van der Waals surface area (Å²) in [6.07, 6.45) is 2.20. The number of amides is 1. The van der Waals surface area contributed by atoms with Crippen molar-refractivity contribution < 1.29 is 4.79 Å². The largest absolute Gasteiger partial charge is 0.336 e. The van der Waals surface area contributed by atoms with E-state index in [0.29, 0.717) is 11.6 Å². The fraction of sp³-hybridized carbons (Fsp3) is 0.417. The van der Waals surface area contributed by atoms with Crippen molar-refractivity contribution >= 4 is 34.5 Å². The van der Waals surface area contributed by atoms with Crippen molar-refractivity contribution in [1.82, 2.24) is 4.90 Å². The van der Waals surface area contributed by atoms with Crippen LogP contribution in [0.15, 0.2) is 27.6 Å². The van der Waals surface area contributed by atoms with Gasteiger partial charge in [0.1, 0.15) is 0 Å². The van der Waals surface area contributed by atoms with Crippen molar-refractivity contribution in [2.45, 2.75) is 30.7 Å². The van der Waals surface area contributed by atoms with E-state index in [-0.39, 0.29) is 5.91 Å². The van der Waals surface area contributed by atoms with E-state index in [1.54, 1.807) is 0 Å². The van der Waals surface area contributed by atoms with Crippen LogP contribution in [0.25, 0.3) is 0 Å². The molecule has 1 aromatic carbocycles. The van der Waals surface area contributed by atoms with E-state index < -0.39 is 0 Å². The third-order valence-electron chi connectivity index (χ3n) is 3.00. The standard InChI is InChI=1S/C12H14BrNOS/c1-8-3-2-6-14(8)12(15)10-5-4-9(13)7-11(10)16/h4-5,7-8,16H,2-3,6H2,1H3. The lowest BCUT2D eigenvalue weighted by atomic mass is 10.2. The Kier molecular flexibility index (Phi) is 3.60. The number of thiol groups is 1. The lowest BCUT2D eigenvalue weighted by molar-refractivity contribution is 0.0744. The smallest absolute Gasteiger partial charge is 0.255 e. The maximum absolute atomic E-state index is 12.3. The molecule has 0 bridgehead atoms. The molecule has 1 aliphatic rings. The highest BCUT2D eigenvalue weighted by Gasteiger charge is 2.26. The Bertz CT molecular complexity index is 421. The summed E-state index contributed by atoms with van der Waals surface area (Å²) in [5.74, 6) is 0.0995. The van der Waals surface area contributed by atoms with Crippen molar-refractivity contribution in [3.63, 3.8) is 0 Å². The zero-order valence-electron chi connectivity index (χ0n) is 9.11. The molecule has 0 aromatic heterocycles. The molecule has 16 heavy (non-hydrogen) atoms. The summed E-state index contributed by atoms with van der Waals surface area (Å²) < 4.78 is 0.948. The van der Waals surface area contributed by atoms with E-state index in [0.717, 1.165) is 28.8 Å². The molecule has 0 aliphatic carbocycles. The third-order valence-corrected chi connectivity index (χ3v) is 3.87. The van der Waals surface area contributed by atoms with Gasteiger partial charge < -0.3 is 4.90 Å². The first kappa shape index (κ1) is 12.0. The molecule has 1 fully saturated rings. The number of hydrogen-bond acceptors (Lipinski definition) is 2. The molecule has 1 amide bonds. The van der Waals surface area contributed by atoms with Gasteiger partial charge >= 0.3 is 0 Å². The first-order chi connectivity index (χ1) is 7.59. The van der Waals surface area contributed by atoms with Crippen LogP contribution in [0.2, 0.25) is 0 Å². The highest BCUT2D eigenvalue weighted by atomic mass is 79.9. The minimum absolute atomic E-state index is 0.0995. The molecule has 0 saturated carbocycles. The second-order valence-electron chi connectivity index (χ2n) is 4.15. The second-order valence-corrected chi connectivity index (χ2v) is 5.55. The van der Waals surface area contributed by atoms with Crippen LogP contribution < -0.4 is 0 Å². The number of likely N-dealkylation sites (tertiary alicyclic amines) is 1. The van der Waals surface area contributed by atoms with Crippen LogP contribution in [0.5, 0.6) is 0 Å². The number of rotatable bonds is 1. The van der Waals surface area contributed by atoms with Crippen molar-refractivity contribution in [3.8, 4) is 0 Å². The molecule has 1 atom stereocenters. The average Bonchev–Trinajstić information content (AvgIpc) is 2.63. The number of nitrogens with zero attached hydrogens (tertiary/aromatic N) is 1. The summed E-state index contributed by atoms with van der Waals surface area (Å²) in [5.41, 5.74) is 0.695. The zero-order chi connectivity index (χ0) is 11.7. The third kappa shape index (κ3) is 2.28. The van der Waals surface area contributed by atoms with E-state index in [9.17, 15) is 4.79 Å². The molecule has 1 unspecified atom stereocenters. The van der Waals surface area contributed by atoms with Crippen LogP contribution in [0, 0.1) is 0 Å². The van der Waals surface area contributed by atoms with Gasteiger partial charge in [0.05, 0.1) is 5.56 Å². The maximum atomic E-state index is 12.3. The van der Waals surface area contributed by atoms with Gasteiger partial charge in [0.2, 0.25) is 0 Å². The highest BCUT2D eigenvalue weighted by molar-refractivity contribution is 9.10. The normalized spacial score (nSPS) is 20.2. The minimum Gasteiger partial charge on any atom is -0.336 e. The van der Waals surface area contributed by atoms with Crippen LogP contribution in [0.4, 0.5) is 0 Å². The molecule has 1 saturated heterocycles. The molecule has 1 aliphatic heterocycles. The molecule has 2 nitrogen and oxygen atoms in total. The summed E-state index contributed by atoms with van der Waals surface area (Å²) in [5, 5.41) is 0. The molecule has 86 valence electrons. The van der Waals surface area contributed by atoms with E-state index in [4.69, 9.17) is 0 Å². The molecule has 2 rings (SSSR count). The van der Waals surface area contributed by atoms with Crippen molar-refractivity contribution in [2.24, 2.45) is 0 Å². The fourth-order valence-corrected chi connectivity index (χ4v) is 2.92. The summed E-state index contributed by atoms with van der Waals surface area (Å²) in [6, 6.07) is 5.92. The van der Waals surface area contributed by atoms with Crippen LogP contribution >= 0.6 is 28.6 Å². The average molecular weight is 300 g/mol. The summed E-state index contributed by atoms with van der Waals surface area (Å²) in [4.78, 5) is 14.9. The van der Waals surface area contributed by atoms with Gasteiger partial charge in [-0.15, -0.1) is 12.6 Å². The van der Waals surface area contributed by atoms with Gasteiger partial charge in [-0.1, -0.05) is 15.9 Å². The van der Waals surface area contributed by atoms with Gasteiger partial charge in [-0.2, -0.15) is 0 Å². The van der Waals surface area contributed by atoms with Gasteiger partial charge in [0.15, 0.2) is 0 Å². The molecule has 0 N–H and O–H groups in total. The Morgan fingerprint density at radius 2 is 2.31 bits per heavy atom. The second kappa shape index (κ2) is 4.80. The maximum Gasteiger partial charge on any atom is 0.255 e. The molecule has 1 aromatic rings. The Labute approximate surface area is 110 Å². The Morgan fingerprint density at radius 3 is 2.88 bits per heavy atom. The van der Waals surface area contributed by atoms with E-state index >= 15 is 0 Å². The highest BCUT2D eigenvalue weighted by Crippen LogP contribution is 2.25. The monoisotopic (exact) mass is 299 g/mol. The van der Waals surface area contributed by atoms with Gasteiger partial charge in [0.25, 0.3) is 5.91 Å². The van der Waals surface area contributed by atoms with Crippen LogP contribution in [-0.4, -0.2) is 23.4 Å². The van der Waals surface area contributed by atoms with Crippen molar-refractivity contribution in [1.29, 1.82) is 0 Å². The Hall–Kier alpha value is -0.480. The van der Waals surface area contributed by atoms with Gasteiger partial charge in [-0.3, -0.25) is 4.79 Å².